The van der Waals surface area contributed by atoms with E-state index in [1.165, 1.54) is 0 Å². The second-order valence-electron chi connectivity index (χ2n) is 5.39. The Hall–Kier alpha value is -1.87. The monoisotopic (exact) mass is 332 g/mol. The summed E-state index contributed by atoms with van der Waals surface area (Å²) in [5.74, 6) is 0.991. The minimum absolute atomic E-state index is 0.0769. The summed E-state index contributed by atoms with van der Waals surface area (Å²) in [4.78, 5) is 9.38. The zero-order valence-corrected chi connectivity index (χ0v) is 12.9. The average molecular weight is 332 g/mol. The molecule has 0 saturated heterocycles. The molecule has 23 heavy (non-hydrogen) atoms. The molecule has 0 aliphatic heterocycles. The number of aryl methyl sites for hydroxylation is 2. The summed E-state index contributed by atoms with van der Waals surface area (Å²) < 4.78 is 43.4. The molecule has 0 unspecified atom stereocenters. The lowest BCUT2D eigenvalue weighted by Gasteiger charge is -2.22. The van der Waals surface area contributed by atoms with E-state index in [0.717, 1.165) is 10.5 Å². The molecule has 128 valence electrons. The number of alkyl halides is 3. The van der Waals surface area contributed by atoms with Crippen molar-refractivity contribution >= 4 is 16.9 Å². The fourth-order valence-electron chi connectivity index (χ4n) is 2.36. The first-order chi connectivity index (χ1) is 10.7. The van der Waals surface area contributed by atoms with Gasteiger partial charge in [0.1, 0.15) is 17.4 Å². The smallest absolute Gasteiger partial charge is 0.401 e. The van der Waals surface area contributed by atoms with E-state index < -0.39 is 12.7 Å². The van der Waals surface area contributed by atoms with Crippen LogP contribution in [0.1, 0.15) is 23.6 Å². The van der Waals surface area contributed by atoms with E-state index in [0.29, 0.717) is 11.1 Å². The van der Waals surface area contributed by atoms with Gasteiger partial charge in [-0.15, -0.1) is 0 Å². The van der Waals surface area contributed by atoms with Crippen molar-refractivity contribution in [2.75, 3.05) is 25.4 Å². The Labute approximate surface area is 131 Å². The molecular formula is C14H19F3N4O2. The first-order valence-electron chi connectivity index (χ1n) is 7.13. The highest BCUT2D eigenvalue weighted by Gasteiger charge is 2.31. The highest BCUT2D eigenvalue weighted by atomic mass is 19.4. The zero-order chi connectivity index (χ0) is 17.2. The molecule has 2 heterocycles. The van der Waals surface area contributed by atoms with Crippen molar-refractivity contribution in [1.29, 1.82) is 0 Å². The Kier molecular flexibility index (Phi) is 5.10. The summed E-state index contributed by atoms with van der Waals surface area (Å²) >= 11 is 0. The molecule has 3 N–H and O–H groups in total. The van der Waals surface area contributed by atoms with Gasteiger partial charge in [0.25, 0.3) is 0 Å². The minimum Gasteiger partial charge on any atom is -0.443 e. The van der Waals surface area contributed by atoms with Gasteiger partial charge in [0.05, 0.1) is 18.5 Å². The first kappa shape index (κ1) is 17.5. The number of anilines is 1. The third kappa shape index (κ3) is 4.32. The first-order valence-corrected chi connectivity index (χ1v) is 7.13. The molecule has 0 aromatic carbocycles. The number of nitrogens with two attached hydrogens (primary N) is 1. The summed E-state index contributed by atoms with van der Waals surface area (Å²) in [6.07, 6.45) is -4.12. The lowest BCUT2D eigenvalue weighted by atomic mass is 10.2. The zero-order valence-electron chi connectivity index (χ0n) is 12.9. The third-order valence-electron chi connectivity index (χ3n) is 3.50. The van der Waals surface area contributed by atoms with Gasteiger partial charge in [-0.1, -0.05) is 0 Å². The maximum absolute atomic E-state index is 12.6. The molecule has 0 spiro atoms. The van der Waals surface area contributed by atoms with Gasteiger partial charge in [0.15, 0.2) is 0 Å². The number of aliphatic hydroxyl groups excluding tert-OH is 1. The summed E-state index contributed by atoms with van der Waals surface area (Å²) in [6, 6.07) is 0. The minimum atomic E-state index is -4.34. The van der Waals surface area contributed by atoms with Gasteiger partial charge in [0, 0.05) is 18.7 Å². The normalized spacial score (nSPS) is 12.5. The maximum Gasteiger partial charge on any atom is 0.401 e. The highest BCUT2D eigenvalue weighted by molar-refractivity contribution is 5.88. The predicted molar refractivity (Wildman–Crippen MR) is 78.7 cm³/mol. The van der Waals surface area contributed by atoms with Gasteiger partial charge in [-0.25, -0.2) is 4.98 Å². The molecule has 2 aromatic rings. The van der Waals surface area contributed by atoms with Crippen molar-refractivity contribution in [3.05, 3.63) is 17.1 Å². The van der Waals surface area contributed by atoms with Crippen LogP contribution in [0.3, 0.4) is 0 Å². The van der Waals surface area contributed by atoms with Gasteiger partial charge in [-0.2, -0.15) is 18.2 Å². The molecule has 9 heteroatoms. The van der Waals surface area contributed by atoms with Crippen LogP contribution in [-0.4, -0.2) is 45.8 Å². The van der Waals surface area contributed by atoms with Crippen molar-refractivity contribution in [2.45, 2.75) is 33.0 Å². The van der Waals surface area contributed by atoms with Gasteiger partial charge < -0.3 is 15.3 Å². The Bertz CT molecular complexity index is 685. The number of nitrogens with zero attached hydrogens (tertiary/aromatic N) is 3. The molecular weight excluding hydrogens is 313 g/mol. The van der Waals surface area contributed by atoms with E-state index >= 15 is 0 Å². The molecule has 2 rings (SSSR count). The van der Waals surface area contributed by atoms with Gasteiger partial charge >= 0.3 is 6.18 Å². The average Bonchev–Trinajstić information content (AvgIpc) is 2.70. The molecule has 0 saturated carbocycles. The Balaban J connectivity index is 2.26. The van der Waals surface area contributed by atoms with E-state index in [1.807, 2.05) is 6.92 Å². The van der Waals surface area contributed by atoms with Crippen LogP contribution in [0.4, 0.5) is 19.0 Å². The highest BCUT2D eigenvalue weighted by Crippen LogP contribution is 2.27. The summed E-state index contributed by atoms with van der Waals surface area (Å²) in [5, 5.41) is 9.41. The summed E-state index contributed by atoms with van der Waals surface area (Å²) in [5.41, 5.74) is 6.97. The van der Waals surface area contributed by atoms with Crippen LogP contribution in [0.15, 0.2) is 4.42 Å². The standard InChI is InChI=1S/C14H19F3N4O2/c1-8-9(2)23-13-11(8)12(18)19-10(20-13)6-21(4-3-5-22)7-14(15,16)17/h22H,3-7H2,1-2H3,(H2,18,19,20). The topological polar surface area (TPSA) is 88.4 Å². The Morgan fingerprint density at radius 3 is 2.57 bits per heavy atom. The van der Waals surface area contributed by atoms with Crippen LogP contribution >= 0.6 is 0 Å². The van der Waals surface area contributed by atoms with Crippen LogP contribution in [0.5, 0.6) is 0 Å². The number of aliphatic hydroxyl groups is 1. The molecule has 0 amide bonds. The van der Waals surface area contributed by atoms with Crippen molar-refractivity contribution in [3.63, 3.8) is 0 Å². The Morgan fingerprint density at radius 1 is 1.26 bits per heavy atom. The molecule has 0 bridgehead atoms. The van der Waals surface area contributed by atoms with Crippen molar-refractivity contribution < 1.29 is 22.7 Å². The van der Waals surface area contributed by atoms with E-state index in [1.54, 1.807) is 6.92 Å². The number of rotatable bonds is 6. The molecule has 0 fully saturated rings. The number of halogens is 3. The second-order valence-corrected chi connectivity index (χ2v) is 5.39. The third-order valence-corrected chi connectivity index (χ3v) is 3.50. The molecule has 0 atom stereocenters. The number of nitrogen functional groups attached to an aromatic ring is 1. The number of furan rings is 1. The van der Waals surface area contributed by atoms with Crippen LogP contribution in [0.25, 0.3) is 11.1 Å². The van der Waals surface area contributed by atoms with Crippen LogP contribution in [0, 0.1) is 13.8 Å². The maximum atomic E-state index is 12.6. The molecule has 0 aliphatic rings. The lowest BCUT2D eigenvalue weighted by molar-refractivity contribution is -0.147. The van der Waals surface area contributed by atoms with E-state index in [2.05, 4.69) is 9.97 Å². The van der Waals surface area contributed by atoms with Gasteiger partial charge in [-0.05, 0) is 20.3 Å². The second kappa shape index (κ2) is 6.71. The van der Waals surface area contributed by atoms with E-state index in [-0.39, 0.29) is 43.5 Å². The molecule has 0 aliphatic carbocycles. The van der Waals surface area contributed by atoms with Gasteiger partial charge in [0.2, 0.25) is 5.71 Å². The summed E-state index contributed by atoms with van der Waals surface area (Å²) in [7, 11) is 0. The van der Waals surface area contributed by atoms with Crippen molar-refractivity contribution in [2.24, 2.45) is 0 Å². The predicted octanol–water partition coefficient (Wildman–Crippen LogP) is 2.17. The van der Waals surface area contributed by atoms with E-state index in [4.69, 9.17) is 15.3 Å². The SMILES string of the molecule is Cc1oc2nc(CN(CCCO)CC(F)(F)F)nc(N)c2c1C. The van der Waals surface area contributed by atoms with Crippen molar-refractivity contribution in [1.82, 2.24) is 14.9 Å². The fourth-order valence-corrected chi connectivity index (χ4v) is 2.36. The number of hydrogen-bond acceptors (Lipinski definition) is 6. The lowest BCUT2D eigenvalue weighted by Crippen LogP contribution is -2.35. The van der Waals surface area contributed by atoms with Crippen molar-refractivity contribution in [3.8, 4) is 0 Å². The van der Waals surface area contributed by atoms with Crippen LogP contribution < -0.4 is 5.73 Å². The largest absolute Gasteiger partial charge is 0.443 e. The molecule has 6 nitrogen and oxygen atoms in total. The number of fused-ring (bicyclic) bond motifs is 1. The van der Waals surface area contributed by atoms with Gasteiger partial charge in [-0.3, -0.25) is 4.90 Å². The quantitative estimate of drug-likeness (QED) is 0.843. The number of aromatic nitrogens is 2. The number of hydrogen-bond donors (Lipinski definition) is 2. The molecule has 0 radical (unpaired) electrons. The van der Waals surface area contributed by atoms with E-state index in [9.17, 15) is 13.2 Å². The summed E-state index contributed by atoms with van der Waals surface area (Å²) in [6.45, 7) is 2.23. The molecule has 2 aromatic heterocycles. The fraction of sp³-hybridized carbons (Fsp3) is 0.571. The van der Waals surface area contributed by atoms with Crippen LogP contribution in [-0.2, 0) is 6.54 Å². The Morgan fingerprint density at radius 2 is 1.96 bits per heavy atom. The van der Waals surface area contributed by atoms with Crippen LogP contribution in [0.2, 0.25) is 0 Å².